The zero-order valence-corrected chi connectivity index (χ0v) is 22.0. The maximum absolute atomic E-state index is 12.2. The maximum atomic E-state index is 12.2. The molecule has 4 aromatic carbocycles. The Labute approximate surface area is 245 Å². The molecule has 0 amide bonds. The van der Waals surface area contributed by atoms with Crippen molar-refractivity contribution in [3.05, 3.63) is 82.0 Å². The van der Waals surface area contributed by atoms with Crippen LogP contribution in [0.15, 0.2) is 69.9 Å². The minimum absolute atomic E-state index is 0.0784. The second-order valence-electron chi connectivity index (χ2n) is 9.58. The lowest BCUT2D eigenvalue weighted by Crippen LogP contribution is -2.36. The minimum Gasteiger partial charge on any atom is -0.508 e. The summed E-state index contributed by atoms with van der Waals surface area (Å²) in [7, 11) is 0. The first-order chi connectivity index (χ1) is 20.8. The molecule has 0 saturated heterocycles. The van der Waals surface area contributed by atoms with Crippen LogP contribution >= 0.6 is 0 Å². The molecule has 14 nitrogen and oxygen atoms in total. The van der Waals surface area contributed by atoms with E-state index in [9.17, 15) is 60.7 Å². The Balaban J connectivity index is 0.000000175. The Morgan fingerprint density at radius 1 is 0.614 bits per heavy atom. The monoisotopic (exact) mass is 606 g/mol. The molecular formula is C30H22O14. The highest BCUT2D eigenvalue weighted by Crippen LogP contribution is 2.43. The number of hydrogen-bond donors (Lipinski definition) is 10. The molecule has 0 saturated carbocycles. The van der Waals surface area contributed by atoms with E-state index >= 15 is 0 Å². The average Bonchev–Trinajstić information content (AvgIpc) is 2.95. The summed E-state index contributed by atoms with van der Waals surface area (Å²) in [6, 6.07) is 11.5. The number of carbonyl (C=O) groups is 1. The molecule has 2 heterocycles. The Morgan fingerprint density at radius 3 is 1.89 bits per heavy atom. The number of benzene rings is 4. The normalized spacial score (nSPS) is 15.6. The molecule has 0 radical (unpaired) electrons. The van der Waals surface area contributed by atoms with Crippen LogP contribution in [-0.2, 0) is 0 Å². The standard InChI is InChI=1S/C15H12O7.C15H10O7/c2*16-7-4-10(19)12-11(5-7)22-15(14(21)13(12)20)6-1-2-8(17)9(18)3-6/h1-5,14-19,21H;1-5,16-19,21H. The smallest absolute Gasteiger partial charge is 0.238 e. The van der Waals surface area contributed by atoms with Crippen LogP contribution in [0.1, 0.15) is 22.0 Å². The van der Waals surface area contributed by atoms with E-state index in [1.807, 2.05) is 0 Å². The molecule has 2 atom stereocenters. The highest BCUT2D eigenvalue weighted by atomic mass is 16.5. The molecule has 0 aliphatic carbocycles. The van der Waals surface area contributed by atoms with Crippen LogP contribution in [0.5, 0.6) is 57.5 Å². The zero-order valence-electron chi connectivity index (χ0n) is 22.0. The lowest BCUT2D eigenvalue weighted by atomic mass is 9.92. The molecule has 2 unspecified atom stereocenters. The number of carbonyl (C=O) groups excluding carboxylic acids is 1. The van der Waals surface area contributed by atoms with Crippen molar-refractivity contribution >= 4 is 16.8 Å². The van der Waals surface area contributed by atoms with Gasteiger partial charge in [-0.25, -0.2) is 0 Å². The summed E-state index contributed by atoms with van der Waals surface area (Å²) in [5, 5.41) is 95.7. The van der Waals surface area contributed by atoms with Gasteiger partial charge >= 0.3 is 0 Å². The topological polar surface area (TPSA) is 259 Å². The van der Waals surface area contributed by atoms with Crippen LogP contribution in [0.3, 0.4) is 0 Å². The summed E-state index contributed by atoms with van der Waals surface area (Å²) in [4.78, 5) is 24.3. The molecule has 0 spiro atoms. The largest absolute Gasteiger partial charge is 0.508 e. The number of fused-ring (bicyclic) bond motifs is 2. The summed E-state index contributed by atoms with van der Waals surface area (Å²) in [5.74, 6) is -5.13. The van der Waals surface area contributed by atoms with Crippen molar-refractivity contribution in [2.24, 2.45) is 0 Å². The van der Waals surface area contributed by atoms with Crippen LogP contribution in [0.2, 0.25) is 0 Å². The number of aliphatic hydroxyl groups excluding tert-OH is 1. The molecule has 6 rings (SSSR count). The van der Waals surface area contributed by atoms with Gasteiger partial charge in [0.2, 0.25) is 17.0 Å². The molecule has 44 heavy (non-hydrogen) atoms. The minimum atomic E-state index is -1.60. The molecule has 226 valence electrons. The van der Waals surface area contributed by atoms with Gasteiger partial charge < -0.3 is 60.2 Å². The van der Waals surface area contributed by atoms with Gasteiger partial charge in [-0.05, 0) is 35.9 Å². The fourth-order valence-corrected chi connectivity index (χ4v) is 4.52. The van der Waals surface area contributed by atoms with E-state index in [2.05, 4.69) is 0 Å². The zero-order chi connectivity index (χ0) is 32.0. The molecule has 5 aromatic rings. The first-order valence-corrected chi connectivity index (χ1v) is 12.5. The molecular weight excluding hydrogens is 584 g/mol. The fraction of sp³-hybridized carbons (Fsp3) is 0.0667. The van der Waals surface area contributed by atoms with Gasteiger partial charge in [0, 0.05) is 29.8 Å². The van der Waals surface area contributed by atoms with Gasteiger partial charge in [-0.3, -0.25) is 9.59 Å². The van der Waals surface area contributed by atoms with Crippen LogP contribution in [0.4, 0.5) is 0 Å². The van der Waals surface area contributed by atoms with Crippen molar-refractivity contribution in [3.63, 3.8) is 0 Å². The Hall–Kier alpha value is -6.28. The third kappa shape index (κ3) is 5.12. The summed E-state index contributed by atoms with van der Waals surface area (Å²) in [6.45, 7) is 0. The first-order valence-electron chi connectivity index (χ1n) is 12.5. The van der Waals surface area contributed by atoms with Gasteiger partial charge in [-0.1, -0.05) is 6.07 Å². The third-order valence-electron chi connectivity index (χ3n) is 6.62. The number of aliphatic hydroxyl groups is 1. The third-order valence-corrected chi connectivity index (χ3v) is 6.62. The van der Waals surface area contributed by atoms with Gasteiger partial charge in [0.05, 0.1) is 0 Å². The van der Waals surface area contributed by atoms with E-state index in [-0.39, 0.29) is 62.2 Å². The predicted octanol–water partition coefficient (Wildman–Crippen LogP) is 3.17. The number of hydrogen-bond acceptors (Lipinski definition) is 14. The summed E-state index contributed by atoms with van der Waals surface area (Å²) < 4.78 is 10.8. The number of rotatable bonds is 2. The lowest BCUT2D eigenvalue weighted by Gasteiger charge is -2.30. The van der Waals surface area contributed by atoms with Gasteiger partial charge in [-0.15, -0.1) is 0 Å². The number of Topliss-reactive ketones (excluding diaryl/α,β-unsaturated/α-hetero) is 1. The second kappa shape index (κ2) is 10.8. The van der Waals surface area contributed by atoms with Gasteiger partial charge in [0.15, 0.2) is 41.0 Å². The number of phenols is 8. The Morgan fingerprint density at radius 2 is 1.23 bits per heavy atom. The first kappa shape index (κ1) is 29.2. The van der Waals surface area contributed by atoms with Crippen molar-refractivity contribution in [2.45, 2.75) is 12.2 Å². The van der Waals surface area contributed by atoms with Crippen LogP contribution in [0, 0.1) is 0 Å². The highest BCUT2D eigenvalue weighted by molar-refractivity contribution is 6.05. The van der Waals surface area contributed by atoms with Crippen molar-refractivity contribution in [3.8, 4) is 68.8 Å². The maximum Gasteiger partial charge on any atom is 0.238 e. The van der Waals surface area contributed by atoms with E-state index in [1.165, 1.54) is 18.2 Å². The Kier molecular flexibility index (Phi) is 7.20. The van der Waals surface area contributed by atoms with E-state index in [4.69, 9.17) is 9.15 Å². The SMILES string of the molecule is O=C1c2c(O)cc(O)cc2OC(c2ccc(O)c(O)c2)C1O.O=c1c(O)c(-c2ccc(O)c(O)c2)oc2cc(O)cc(O)c12. The fourth-order valence-electron chi connectivity index (χ4n) is 4.52. The average molecular weight is 606 g/mol. The number of aromatic hydroxyl groups is 9. The predicted molar refractivity (Wildman–Crippen MR) is 149 cm³/mol. The summed E-state index contributed by atoms with van der Waals surface area (Å²) in [6.07, 6.45) is -2.75. The van der Waals surface area contributed by atoms with Crippen molar-refractivity contribution in [1.82, 2.24) is 0 Å². The Bertz CT molecular complexity index is 2010. The van der Waals surface area contributed by atoms with Crippen LogP contribution in [0.25, 0.3) is 22.3 Å². The van der Waals surface area contributed by atoms with E-state index in [0.29, 0.717) is 0 Å². The molecule has 14 heteroatoms. The molecule has 10 N–H and O–H groups in total. The van der Waals surface area contributed by atoms with Crippen molar-refractivity contribution in [2.75, 3.05) is 0 Å². The van der Waals surface area contributed by atoms with Crippen LogP contribution < -0.4 is 10.2 Å². The van der Waals surface area contributed by atoms with Crippen molar-refractivity contribution < 1.29 is 65.0 Å². The van der Waals surface area contributed by atoms with E-state index in [0.717, 1.165) is 42.5 Å². The van der Waals surface area contributed by atoms with Gasteiger partial charge in [0.25, 0.3) is 0 Å². The highest BCUT2D eigenvalue weighted by Gasteiger charge is 2.39. The molecule has 1 aromatic heterocycles. The summed E-state index contributed by atoms with van der Waals surface area (Å²) >= 11 is 0. The molecule has 0 bridgehead atoms. The summed E-state index contributed by atoms with van der Waals surface area (Å²) in [5.41, 5.74) is -0.854. The van der Waals surface area contributed by atoms with Crippen LogP contribution in [-0.4, -0.2) is 63.0 Å². The second-order valence-corrected chi connectivity index (χ2v) is 9.58. The van der Waals surface area contributed by atoms with Gasteiger partial charge in [-0.2, -0.15) is 0 Å². The quantitative estimate of drug-likeness (QED) is 0.129. The van der Waals surface area contributed by atoms with Gasteiger partial charge in [0.1, 0.15) is 45.3 Å². The molecule has 1 aliphatic heterocycles. The molecule has 0 fully saturated rings. The lowest BCUT2D eigenvalue weighted by molar-refractivity contribution is 0.0210. The number of ketones is 1. The van der Waals surface area contributed by atoms with E-state index in [1.54, 1.807) is 0 Å². The molecule has 1 aliphatic rings. The number of ether oxygens (including phenoxy) is 1. The van der Waals surface area contributed by atoms with E-state index < -0.39 is 52.2 Å². The number of phenolic OH excluding ortho intramolecular Hbond substituents is 8. The van der Waals surface area contributed by atoms with Crippen molar-refractivity contribution in [1.29, 1.82) is 0 Å².